The summed E-state index contributed by atoms with van der Waals surface area (Å²) in [6, 6.07) is 12.9. The van der Waals surface area contributed by atoms with Crippen molar-refractivity contribution in [1.29, 1.82) is 0 Å². The molecule has 0 unspecified atom stereocenters. The molecule has 0 radical (unpaired) electrons. The number of carbonyl (C=O) groups excluding carboxylic acids is 1. The van der Waals surface area contributed by atoms with E-state index in [0.29, 0.717) is 5.56 Å². The van der Waals surface area contributed by atoms with Crippen LogP contribution >= 0.6 is 23.2 Å². The number of aliphatic hydroxyl groups is 1. The normalized spacial score (nSPS) is 13.0. The van der Waals surface area contributed by atoms with Gasteiger partial charge in [0.05, 0.1) is 6.04 Å². The Hall–Kier alpha value is -2.35. The lowest BCUT2D eigenvalue weighted by molar-refractivity contribution is -0.121. The zero-order valence-electron chi connectivity index (χ0n) is 14.6. The largest absolute Gasteiger partial charge is 0.465 e. The van der Waals surface area contributed by atoms with Crippen molar-refractivity contribution in [2.45, 2.75) is 23.5 Å². The van der Waals surface area contributed by atoms with Gasteiger partial charge in [-0.15, -0.1) is 0 Å². The standard InChI is InChI=1S/C19H19Cl2FN2O4/c20-17(21)18(26)24-15(9-22)16(25)14-7-5-13(6-8-14)12-3-1-11(2-4-12)10-23-19(27)28/h1-8,15-17,23,25H,9-10H2,(H,24,26)(H,27,28)/t15-,16-/m1/s1. The Morgan fingerprint density at radius 1 is 1.00 bits per heavy atom. The van der Waals surface area contributed by atoms with Gasteiger partial charge in [0.15, 0.2) is 4.84 Å². The monoisotopic (exact) mass is 428 g/mol. The van der Waals surface area contributed by atoms with Gasteiger partial charge in [-0.25, -0.2) is 9.18 Å². The van der Waals surface area contributed by atoms with Crippen LogP contribution in [0.3, 0.4) is 0 Å². The number of rotatable bonds is 8. The third kappa shape index (κ3) is 6.09. The molecule has 0 saturated carbocycles. The zero-order valence-corrected chi connectivity index (χ0v) is 16.1. The number of nitrogens with one attached hydrogen (secondary N) is 2. The van der Waals surface area contributed by atoms with Gasteiger partial charge in [-0.3, -0.25) is 4.79 Å². The smallest absolute Gasteiger partial charge is 0.404 e. The van der Waals surface area contributed by atoms with E-state index in [1.807, 2.05) is 12.1 Å². The minimum absolute atomic E-state index is 0.211. The zero-order chi connectivity index (χ0) is 20.7. The van der Waals surface area contributed by atoms with Crippen LogP contribution in [0.5, 0.6) is 0 Å². The summed E-state index contributed by atoms with van der Waals surface area (Å²) in [7, 11) is 0. The van der Waals surface area contributed by atoms with Crippen LogP contribution in [0.2, 0.25) is 0 Å². The van der Waals surface area contributed by atoms with Crippen LogP contribution in [0.1, 0.15) is 17.2 Å². The molecule has 2 rings (SSSR count). The minimum Gasteiger partial charge on any atom is -0.465 e. The van der Waals surface area contributed by atoms with Crippen molar-refractivity contribution in [3.63, 3.8) is 0 Å². The summed E-state index contributed by atoms with van der Waals surface area (Å²) >= 11 is 10.9. The van der Waals surface area contributed by atoms with E-state index in [-0.39, 0.29) is 6.54 Å². The van der Waals surface area contributed by atoms with Gasteiger partial charge >= 0.3 is 6.09 Å². The highest BCUT2D eigenvalue weighted by Crippen LogP contribution is 2.24. The SMILES string of the molecule is O=C(O)NCc1ccc(-c2ccc([C@@H](O)[C@@H](CF)NC(=O)C(Cl)Cl)cc2)cc1. The molecule has 0 saturated heterocycles. The molecular formula is C19H19Cl2FN2O4. The van der Waals surface area contributed by atoms with Crippen LogP contribution in [0.4, 0.5) is 9.18 Å². The Morgan fingerprint density at radius 2 is 1.54 bits per heavy atom. The van der Waals surface area contributed by atoms with Crippen molar-refractivity contribution in [2.75, 3.05) is 6.67 Å². The molecule has 28 heavy (non-hydrogen) atoms. The summed E-state index contributed by atoms with van der Waals surface area (Å²) in [5, 5.41) is 23.5. The Bertz CT molecular complexity index is 801. The third-order valence-electron chi connectivity index (χ3n) is 4.06. The third-order valence-corrected chi connectivity index (χ3v) is 4.45. The molecule has 4 N–H and O–H groups in total. The van der Waals surface area contributed by atoms with Crippen molar-refractivity contribution in [3.8, 4) is 11.1 Å². The Balaban J connectivity index is 2.07. The van der Waals surface area contributed by atoms with Gasteiger partial charge in [-0.05, 0) is 22.3 Å². The van der Waals surface area contributed by atoms with Gasteiger partial charge in [0.25, 0.3) is 5.91 Å². The maximum Gasteiger partial charge on any atom is 0.404 e. The number of aliphatic hydroxyl groups excluding tert-OH is 1. The Morgan fingerprint density at radius 3 is 2.00 bits per heavy atom. The van der Waals surface area contributed by atoms with Crippen LogP contribution in [0.15, 0.2) is 48.5 Å². The van der Waals surface area contributed by atoms with E-state index in [1.54, 1.807) is 36.4 Å². The topological polar surface area (TPSA) is 98.7 Å². The Labute approximate surface area is 171 Å². The highest BCUT2D eigenvalue weighted by molar-refractivity contribution is 6.53. The summed E-state index contributed by atoms with van der Waals surface area (Å²) in [5.74, 6) is -0.779. The maximum absolute atomic E-state index is 13.2. The first kappa shape index (κ1) is 21.9. The average molecular weight is 429 g/mol. The second-order valence-electron chi connectivity index (χ2n) is 5.99. The number of benzene rings is 2. The van der Waals surface area contributed by atoms with Gasteiger partial charge in [-0.2, -0.15) is 0 Å². The van der Waals surface area contributed by atoms with Crippen LogP contribution in [0.25, 0.3) is 11.1 Å². The van der Waals surface area contributed by atoms with Crippen molar-refractivity contribution >= 4 is 35.2 Å². The van der Waals surface area contributed by atoms with E-state index in [2.05, 4.69) is 10.6 Å². The summed E-state index contributed by atoms with van der Waals surface area (Å²) in [4.78, 5) is 20.7. The fourth-order valence-electron chi connectivity index (χ4n) is 2.55. The van der Waals surface area contributed by atoms with Crippen molar-refractivity contribution in [2.24, 2.45) is 0 Å². The molecule has 2 amide bonds. The molecule has 9 heteroatoms. The second-order valence-corrected chi connectivity index (χ2v) is 7.09. The van der Waals surface area contributed by atoms with Crippen LogP contribution in [-0.2, 0) is 11.3 Å². The van der Waals surface area contributed by atoms with Crippen LogP contribution < -0.4 is 10.6 Å². The van der Waals surface area contributed by atoms with Crippen LogP contribution in [0, 0.1) is 0 Å². The summed E-state index contributed by atoms with van der Waals surface area (Å²) in [5.41, 5.74) is 2.99. The number of halogens is 3. The molecule has 2 aromatic rings. The average Bonchev–Trinajstić information content (AvgIpc) is 2.70. The second kappa shape index (κ2) is 10.3. The van der Waals surface area contributed by atoms with Gasteiger partial charge in [0, 0.05) is 6.54 Å². The molecule has 0 bridgehead atoms. The fraction of sp³-hybridized carbons (Fsp3) is 0.263. The number of hydrogen-bond donors (Lipinski definition) is 4. The molecule has 0 aliphatic rings. The van der Waals surface area contributed by atoms with E-state index >= 15 is 0 Å². The number of carbonyl (C=O) groups is 2. The number of alkyl halides is 3. The van der Waals surface area contributed by atoms with E-state index in [0.717, 1.165) is 16.7 Å². The predicted molar refractivity (Wildman–Crippen MR) is 105 cm³/mol. The first-order valence-corrected chi connectivity index (χ1v) is 9.17. The quantitative estimate of drug-likeness (QED) is 0.484. The summed E-state index contributed by atoms with van der Waals surface area (Å²) < 4.78 is 13.2. The summed E-state index contributed by atoms with van der Waals surface area (Å²) in [6.07, 6.45) is -2.35. The highest BCUT2D eigenvalue weighted by atomic mass is 35.5. The molecule has 6 nitrogen and oxygen atoms in total. The molecule has 0 spiro atoms. The van der Waals surface area contributed by atoms with E-state index in [9.17, 15) is 19.1 Å². The molecule has 0 aliphatic carbocycles. The van der Waals surface area contributed by atoms with E-state index < -0.39 is 35.7 Å². The van der Waals surface area contributed by atoms with Crippen molar-refractivity contribution < 1.29 is 24.2 Å². The number of amides is 2. The van der Waals surface area contributed by atoms with Crippen molar-refractivity contribution in [3.05, 3.63) is 59.7 Å². The first-order valence-electron chi connectivity index (χ1n) is 8.30. The van der Waals surface area contributed by atoms with E-state index in [1.165, 1.54) is 0 Å². The molecule has 0 aromatic heterocycles. The molecule has 150 valence electrons. The lowest BCUT2D eigenvalue weighted by atomic mass is 9.98. The summed E-state index contributed by atoms with van der Waals surface area (Å²) in [6.45, 7) is -0.774. The number of hydrogen-bond acceptors (Lipinski definition) is 3. The van der Waals surface area contributed by atoms with Gasteiger partial charge in [-0.1, -0.05) is 71.7 Å². The lowest BCUT2D eigenvalue weighted by Gasteiger charge is -2.22. The van der Waals surface area contributed by atoms with Gasteiger partial charge in [0.2, 0.25) is 0 Å². The molecule has 0 aliphatic heterocycles. The minimum atomic E-state index is -1.35. The van der Waals surface area contributed by atoms with Crippen LogP contribution in [-0.4, -0.2) is 39.8 Å². The molecule has 0 heterocycles. The Kier molecular flexibility index (Phi) is 8.04. The fourth-order valence-corrected chi connectivity index (χ4v) is 2.67. The predicted octanol–water partition coefficient (Wildman–Crippen LogP) is 3.41. The van der Waals surface area contributed by atoms with Crippen molar-refractivity contribution in [1.82, 2.24) is 10.6 Å². The van der Waals surface area contributed by atoms with Gasteiger partial charge < -0.3 is 20.8 Å². The van der Waals surface area contributed by atoms with Gasteiger partial charge in [0.1, 0.15) is 12.8 Å². The lowest BCUT2D eigenvalue weighted by Crippen LogP contribution is -2.43. The van der Waals surface area contributed by atoms with E-state index in [4.69, 9.17) is 28.3 Å². The first-order chi connectivity index (χ1) is 13.3. The maximum atomic E-state index is 13.2. The molecule has 0 fully saturated rings. The highest BCUT2D eigenvalue weighted by Gasteiger charge is 2.25. The number of carboxylic acid groups (broad SMARTS) is 1. The molecular weight excluding hydrogens is 410 g/mol. The molecule has 2 aromatic carbocycles. The molecule has 2 atom stereocenters.